The second kappa shape index (κ2) is 3.13. The molecule has 1 fully saturated rings. The van der Waals surface area contributed by atoms with Gasteiger partial charge in [-0.2, -0.15) is 0 Å². The molecular weight excluding hydrogens is 300 g/mol. The van der Waals surface area contributed by atoms with E-state index < -0.39 is 0 Å². The highest BCUT2D eigenvalue weighted by Crippen LogP contribution is 2.27. The highest BCUT2D eigenvalue weighted by atomic mass is 79.9. The third-order valence-corrected chi connectivity index (χ3v) is 4.17. The van der Waals surface area contributed by atoms with E-state index in [1.54, 1.807) is 4.90 Å². The first-order valence-electron chi connectivity index (χ1n) is 3.91. The highest BCUT2D eigenvalue weighted by Gasteiger charge is 2.28. The molecule has 0 spiro atoms. The minimum atomic E-state index is 0.105. The molecule has 1 aromatic rings. The highest BCUT2D eigenvalue weighted by molar-refractivity contribution is 9.13. The molecular formula is C8H8Br2N2O. The van der Waals surface area contributed by atoms with Gasteiger partial charge >= 0.3 is 0 Å². The molecule has 3 nitrogen and oxygen atoms in total. The van der Waals surface area contributed by atoms with Crippen LogP contribution in [-0.2, 0) is 7.05 Å². The van der Waals surface area contributed by atoms with Gasteiger partial charge in [-0.15, -0.1) is 0 Å². The molecule has 1 saturated heterocycles. The number of carbonyl (C=O) groups excluding carboxylic acids is 1. The Hall–Kier alpha value is -0.290. The largest absolute Gasteiger partial charge is 0.334 e. The fourth-order valence-corrected chi connectivity index (χ4v) is 1.95. The molecule has 13 heavy (non-hydrogen) atoms. The van der Waals surface area contributed by atoms with Gasteiger partial charge in [0.05, 0.1) is 9.08 Å². The lowest BCUT2D eigenvalue weighted by molar-refractivity contribution is 0.0876. The number of hydrogen-bond donors (Lipinski definition) is 0. The van der Waals surface area contributed by atoms with E-state index in [0.29, 0.717) is 0 Å². The Morgan fingerprint density at radius 1 is 1.46 bits per heavy atom. The van der Waals surface area contributed by atoms with Gasteiger partial charge in [-0.05, 0) is 37.9 Å². The molecule has 2 heterocycles. The smallest absolute Gasteiger partial charge is 0.270 e. The predicted octanol–water partition coefficient (Wildman–Crippen LogP) is 2.01. The Morgan fingerprint density at radius 2 is 2.08 bits per heavy atom. The van der Waals surface area contributed by atoms with E-state index in [9.17, 15) is 4.79 Å². The SMILES string of the molecule is Cn1c(C(=O)N2CC2)cc(Br)c1Br. The number of rotatable bonds is 1. The maximum Gasteiger partial charge on any atom is 0.270 e. The van der Waals surface area contributed by atoms with Crippen molar-refractivity contribution < 1.29 is 4.79 Å². The lowest BCUT2D eigenvalue weighted by Gasteiger charge is -2.03. The molecule has 1 aromatic heterocycles. The lowest BCUT2D eigenvalue weighted by atomic mass is 10.4. The van der Waals surface area contributed by atoms with Gasteiger partial charge in [-0.3, -0.25) is 4.79 Å². The van der Waals surface area contributed by atoms with Gasteiger partial charge in [0.1, 0.15) is 5.69 Å². The van der Waals surface area contributed by atoms with Gasteiger partial charge in [0.15, 0.2) is 0 Å². The Kier molecular flexibility index (Phi) is 2.23. The maximum absolute atomic E-state index is 11.7. The zero-order valence-electron chi connectivity index (χ0n) is 7.05. The quantitative estimate of drug-likeness (QED) is 0.729. The van der Waals surface area contributed by atoms with E-state index in [1.807, 2.05) is 17.7 Å². The van der Waals surface area contributed by atoms with Crippen LogP contribution in [0.2, 0.25) is 0 Å². The zero-order chi connectivity index (χ0) is 9.59. The summed E-state index contributed by atoms with van der Waals surface area (Å²) in [6.07, 6.45) is 0. The Morgan fingerprint density at radius 3 is 2.46 bits per heavy atom. The summed E-state index contributed by atoms with van der Waals surface area (Å²) >= 11 is 6.75. The van der Waals surface area contributed by atoms with Gasteiger partial charge in [0, 0.05) is 20.1 Å². The summed E-state index contributed by atoms with van der Waals surface area (Å²) < 4.78 is 3.66. The van der Waals surface area contributed by atoms with Crippen molar-refractivity contribution in [3.8, 4) is 0 Å². The summed E-state index contributed by atoms with van der Waals surface area (Å²) in [5.41, 5.74) is 0.719. The first kappa shape index (κ1) is 9.27. The minimum absolute atomic E-state index is 0.105. The Labute approximate surface area is 93.0 Å². The summed E-state index contributed by atoms with van der Waals surface area (Å²) in [5.74, 6) is 0.105. The molecule has 70 valence electrons. The molecule has 0 bridgehead atoms. The maximum atomic E-state index is 11.7. The molecule has 0 radical (unpaired) electrons. The first-order chi connectivity index (χ1) is 6.11. The van der Waals surface area contributed by atoms with Crippen molar-refractivity contribution in [2.24, 2.45) is 7.05 Å². The molecule has 0 atom stereocenters. The molecule has 5 heteroatoms. The van der Waals surface area contributed by atoms with Gasteiger partial charge in [-0.1, -0.05) is 0 Å². The van der Waals surface area contributed by atoms with Gasteiger partial charge in [0.2, 0.25) is 0 Å². The van der Waals surface area contributed by atoms with Crippen LogP contribution in [0.5, 0.6) is 0 Å². The van der Waals surface area contributed by atoms with Crippen LogP contribution >= 0.6 is 31.9 Å². The van der Waals surface area contributed by atoms with E-state index in [1.165, 1.54) is 0 Å². The van der Waals surface area contributed by atoms with E-state index in [0.717, 1.165) is 27.9 Å². The molecule has 0 saturated carbocycles. The van der Waals surface area contributed by atoms with Crippen molar-refractivity contribution in [2.75, 3.05) is 13.1 Å². The molecule has 1 aliphatic rings. The third-order valence-electron chi connectivity index (χ3n) is 2.07. The fourth-order valence-electron chi connectivity index (χ4n) is 1.16. The summed E-state index contributed by atoms with van der Waals surface area (Å²) in [5, 5.41) is 0. The Bertz CT molecular complexity index is 368. The summed E-state index contributed by atoms with van der Waals surface area (Å²) in [7, 11) is 1.87. The Balaban J connectivity index is 2.39. The van der Waals surface area contributed by atoms with Crippen LogP contribution in [0, 0.1) is 0 Å². The normalized spacial score (nSPS) is 14.8. The summed E-state index contributed by atoms with van der Waals surface area (Å²) in [6.45, 7) is 1.78. The predicted molar refractivity (Wildman–Crippen MR) is 56.7 cm³/mol. The van der Waals surface area contributed by atoms with Crippen LogP contribution in [-0.4, -0.2) is 28.5 Å². The van der Waals surface area contributed by atoms with Crippen LogP contribution in [0.25, 0.3) is 0 Å². The summed E-state index contributed by atoms with van der Waals surface area (Å²) in [4.78, 5) is 13.5. The first-order valence-corrected chi connectivity index (χ1v) is 5.50. The molecule has 0 N–H and O–H groups in total. The average Bonchev–Trinajstić information content (AvgIpc) is 2.89. The second-order valence-electron chi connectivity index (χ2n) is 3.02. The van der Waals surface area contributed by atoms with Crippen LogP contribution in [0.4, 0.5) is 0 Å². The average molecular weight is 308 g/mol. The van der Waals surface area contributed by atoms with Crippen LogP contribution < -0.4 is 0 Å². The lowest BCUT2D eigenvalue weighted by Crippen LogP contribution is -2.14. The second-order valence-corrected chi connectivity index (χ2v) is 4.63. The van der Waals surface area contributed by atoms with Gasteiger partial charge in [0.25, 0.3) is 5.91 Å². The van der Waals surface area contributed by atoms with E-state index in [4.69, 9.17) is 0 Å². The zero-order valence-corrected chi connectivity index (χ0v) is 10.2. The van der Waals surface area contributed by atoms with Crippen molar-refractivity contribution in [3.05, 3.63) is 20.8 Å². The number of aromatic nitrogens is 1. The van der Waals surface area contributed by atoms with Gasteiger partial charge in [-0.25, -0.2) is 0 Å². The van der Waals surface area contributed by atoms with E-state index >= 15 is 0 Å². The van der Waals surface area contributed by atoms with Crippen molar-refractivity contribution in [2.45, 2.75) is 0 Å². The van der Waals surface area contributed by atoms with E-state index in [-0.39, 0.29) is 5.91 Å². The molecule has 0 aromatic carbocycles. The minimum Gasteiger partial charge on any atom is -0.334 e. The number of amides is 1. The standard InChI is InChI=1S/C8H8Br2N2O/c1-11-6(4-5(9)7(11)10)8(13)12-2-3-12/h4H,2-3H2,1H3. The number of nitrogens with zero attached hydrogens (tertiary/aromatic N) is 2. The van der Waals surface area contributed by atoms with Crippen LogP contribution in [0.15, 0.2) is 15.1 Å². The molecule has 2 rings (SSSR count). The molecule has 1 aliphatic heterocycles. The van der Waals surface area contributed by atoms with Crippen molar-refractivity contribution in [3.63, 3.8) is 0 Å². The number of carbonyl (C=O) groups is 1. The number of halogens is 2. The monoisotopic (exact) mass is 306 g/mol. The van der Waals surface area contributed by atoms with Crippen molar-refractivity contribution in [1.29, 1.82) is 0 Å². The van der Waals surface area contributed by atoms with Crippen molar-refractivity contribution in [1.82, 2.24) is 9.47 Å². The molecule has 0 aliphatic carbocycles. The van der Waals surface area contributed by atoms with E-state index in [2.05, 4.69) is 31.9 Å². The van der Waals surface area contributed by atoms with Gasteiger partial charge < -0.3 is 9.47 Å². The topological polar surface area (TPSA) is 25.0 Å². The molecule has 0 unspecified atom stereocenters. The van der Waals surface area contributed by atoms with Crippen molar-refractivity contribution >= 4 is 37.8 Å². The van der Waals surface area contributed by atoms with Crippen LogP contribution in [0.3, 0.4) is 0 Å². The van der Waals surface area contributed by atoms with Crippen LogP contribution in [0.1, 0.15) is 10.5 Å². The third kappa shape index (κ3) is 1.55. The fraction of sp³-hybridized carbons (Fsp3) is 0.375. The number of hydrogen-bond acceptors (Lipinski definition) is 1. The summed E-state index contributed by atoms with van der Waals surface area (Å²) in [6, 6.07) is 1.84. The molecule has 1 amide bonds.